The number of ether oxygens (including phenoxy) is 1. The Morgan fingerprint density at radius 1 is 1.19 bits per heavy atom. The van der Waals surface area contributed by atoms with E-state index in [9.17, 15) is 4.79 Å². The van der Waals surface area contributed by atoms with E-state index in [0.29, 0.717) is 21.5 Å². The van der Waals surface area contributed by atoms with Crippen LogP contribution in [0.2, 0.25) is 10.0 Å². The fourth-order valence-electron chi connectivity index (χ4n) is 1.94. The van der Waals surface area contributed by atoms with Gasteiger partial charge in [0, 0.05) is 15.2 Å². The molecule has 0 bridgehead atoms. The largest absolute Gasteiger partial charge is 0.482 e. The van der Waals surface area contributed by atoms with E-state index in [-0.39, 0.29) is 29.4 Å². The first-order chi connectivity index (χ1) is 13.0. The van der Waals surface area contributed by atoms with Crippen LogP contribution in [-0.4, -0.2) is 21.9 Å². The Kier molecular flexibility index (Phi) is 7.01. The lowest BCUT2D eigenvalue weighted by atomic mass is 10.3. The monoisotopic (exact) mass is 487 g/mol. The summed E-state index contributed by atoms with van der Waals surface area (Å²) in [5, 5.41) is 11.7. The van der Waals surface area contributed by atoms with Gasteiger partial charge < -0.3 is 14.5 Å². The number of hydrogen-bond acceptors (Lipinski definition) is 6. The van der Waals surface area contributed by atoms with Crippen molar-refractivity contribution in [3.63, 3.8) is 0 Å². The Bertz CT molecular complexity index is 937. The molecule has 0 atom stereocenters. The number of nitrogens with zero attached hydrogens (tertiary/aromatic N) is 2. The molecule has 0 unspecified atom stereocenters. The van der Waals surface area contributed by atoms with Gasteiger partial charge in [0.2, 0.25) is 5.91 Å². The minimum Gasteiger partial charge on any atom is -0.482 e. The number of carbonyl (C=O) groups is 1. The molecule has 1 aromatic heterocycles. The molecule has 0 spiro atoms. The Balaban J connectivity index is 1.47. The summed E-state index contributed by atoms with van der Waals surface area (Å²) in [7, 11) is 0. The zero-order valence-electron chi connectivity index (χ0n) is 13.6. The van der Waals surface area contributed by atoms with Crippen LogP contribution in [-0.2, 0) is 11.4 Å². The highest BCUT2D eigenvalue weighted by Gasteiger charge is 2.11. The van der Waals surface area contributed by atoms with E-state index in [1.807, 2.05) is 12.1 Å². The summed E-state index contributed by atoms with van der Waals surface area (Å²) in [6.07, 6.45) is 0. The van der Waals surface area contributed by atoms with Crippen LogP contribution in [0.1, 0.15) is 5.89 Å². The van der Waals surface area contributed by atoms with Crippen molar-refractivity contribution in [2.45, 2.75) is 11.8 Å². The third kappa shape index (κ3) is 6.14. The molecular weight excluding hydrogens is 477 g/mol. The summed E-state index contributed by atoms with van der Waals surface area (Å²) in [5.74, 6) is 0.701. The second-order valence-corrected chi connectivity index (χ2v) is 7.85. The quantitative estimate of drug-likeness (QED) is 0.445. The van der Waals surface area contributed by atoms with Crippen LogP contribution in [0, 0.1) is 0 Å². The number of nitrogens with one attached hydrogen (secondary N) is 1. The minimum absolute atomic E-state index is 0.0556. The summed E-state index contributed by atoms with van der Waals surface area (Å²) in [4.78, 5) is 12.0. The van der Waals surface area contributed by atoms with Gasteiger partial charge in [0.15, 0.2) is 6.61 Å². The number of halogens is 3. The van der Waals surface area contributed by atoms with E-state index < -0.39 is 0 Å². The van der Waals surface area contributed by atoms with Gasteiger partial charge in [0.05, 0.1) is 10.8 Å². The Morgan fingerprint density at radius 3 is 2.70 bits per heavy atom. The van der Waals surface area contributed by atoms with Crippen molar-refractivity contribution < 1.29 is 13.9 Å². The van der Waals surface area contributed by atoms with Crippen LogP contribution < -0.4 is 10.1 Å². The average Bonchev–Trinajstić information content (AvgIpc) is 3.09. The maximum absolute atomic E-state index is 12.0. The minimum atomic E-state index is -0.175. The number of hydrogen-bond donors (Lipinski definition) is 1. The lowest BCUT2D eigenvalue weighted by Crippen LogP contribution is -2.13. The maximum atomic E-state index is 12.0. The predicted octanol–water partition coefficient (Wildman–Crippen LogP) is 5.45. The summed E-state index contributed by atoms with van der Waals surface area (Å²) in [5.41, 5.74) is 0.711. The topological polar surface area (TPSA) is 77.2 Å². The van der Waals surface area contributed by atoms with Gasteiger partial charge in [0.25, 0.3) is 11.1 Å². The van der Waals surface area contributed by atoms with E-state index in [0.717, 1.165) is 16.2 Å². The maximum Gasteiger partial charge on any atom is 0.277 e. The Morgan fingerprint density at radius 2 is 1.96 bits per heavy atom. The molecule has 3 aromatic rings. The van der Waals surface area contributed by atoms with Gasteiger partial charge in [-0.15, -0.1) is 10.2 Å². The van der Waals surface area contributed by atoms with Crippen LogP contribution in [0.4, 0.5) is 5.69 Å². The van der Waals surface area contributed by atoms with Gasteiger partial charge in [-0.1, -0.05) is 50.9 Å². The van der Waals surface area contributed by atoms with Gasteiger partial charge in [-0.2, -0.15) is 0 Å². The zero-order valence-corrected chi connectivity index (χ0v) is 17.5. The first-order valence-corrected chi connectivity index (χ1v) is 10.1. The number of anilines is 1. The molecule has 0 aliphatic carbocycles. The van der Waals surface area contributed by atoms with Crippen LogP contribution >= 0.6 is 50.9 Å². The van der Waals surface area contributed by atoms with Gasteiger partial charge in [-0.05, 0) is 42.5 Å². The van der Waals surface area contributed by atoms with Crippen molar-refractivity contribution in [1.29, 1.82) is 0 Å². The number of amides is 1. The SMILES string of the molecule is O=C(CSc1nnc(COc2ccc(Cl)cc2Cl)o1)Nc1ccc(Br)cc1. The van der Waals surface area contributed by atoms with Crippen molar-refractivity contribution in [2.24, 2.45) is 0 Å². The highest BCUT2D eigenvalue weighted by molar-refractivity contribution is 9.10. The van der Waals surface area contributed by atoms with E-state index in [4.69, 9.17) is 32.4 Å². The lowest BCUT2D eigenvalue weighted by molar-refractivity contribution is -0.113. The van der Waals surface area contributed by atoms with Crippen molar-refractivity contribution in [3.8, 4) is 5.75 Å². The molecule has 0 saturated carbocycles. The Labute approximate surface area is 177 Å². The van der Waals surface area contributed by atoms with Crippen molar-refractivity contribution in [3.05, 3.63) is 62.9 Å². The molecule has 2 aromatic carbocycles. The molecule has 3 rings (SSSR count). The third-order valence-electron chi connectivity index (χ3n) is 3.15. The number of benzene rings is 2. The van der Waals surface area contributed by atoms with Gasteiger partial charge in [-0.25, -0.2) is 0 Å². The molecule has 10 heteroatoms. The third-order valence-corrected chi connectivity index (χ3v) is 5.03. The normalized spacial score (nSPS) is 10.6. The number of aromatic nitrogens is 2. The van der Waals surface area contributed by atoms with Gasteiger partial charge in [0.1, 0.15) is 5.75 Å². The van der Waals surface area contributed by atoms with Crippen LogP contribution in [0.15, 0.2) is 56.6 Å². The highest BCUT2D eigenvalue weighted by atomic mass is 79.9. The molecule has 0 fully saturated rings. The molecule has 1 heterocycles. The fraction of sp³-hybridized carbons (Fsp3) is 0.118. The zero-order chi connectivity index (χ0) is 19.2. The first-order valence-electron chi connectivity index (χ1n) is 7.58. The predicted molar refractivity (Wildman–Crippen MR) is 109 cm³/mol. The summed E-state index contributed by atoms with van der Waals surface area (Å²) in [6.45, 7) is 0.0556. The van der Waals surface area contributed by atoms with Gasteiger partial charge in [-0.3, -0.25) is 4.79 Å². The standard InChI is InChI=1S/C17H12BrCl2N3O3S/c18-10-1-4-12(5-2-10)21-15(24)9-27-17-23-22-16(26-17)8-25-14-6-3-11(19)7-13(14)20/h1-7H,8-9H2,(H,21,24). The molecule has 0 aliphatic heterocycles. The van der Waals surface area contributed by atoms with E-state index in [1.54, 1.807) is 30.3 Å². The van der Waals surface area contributed by atoms with Crippen molar-refractivity contribution in [2.75, 3.05) is 11.1 Å². The molecule has 0 radical (unpaired) electrons. The van der Waals surface area contributed by atoms with Crippen LogP contribution in [0.25, 0.3) is 0 Å². The summed E-state index contributed by atoms with van der Waals surface area (Å²) in [6, 6.07) is 12.2. The molecule has 6 nitrogen and oxygen atoms in total. The highest BCUT2D eigenvalue weighted by Crippen LogP contribution is 2.28. The molecule has 1 amide bonds. The Hall–Kier alpha value is -1.74. The molecule has 0 aliphatic rings. The van der Waals surface area contributed by atoms with E-state index >= 15 is 0 Å². The van der Waals surface area contributed by atoms with Crippen molar-refractivity contribution >= 4 is 62.5 Å². The summed E-state index contributed by atoms with van der Waals surface area (Å²) < 4.78 is 11.9. The molecule has 27 heavy (non-hydrogen) atoms. The van der Waals surface area contributed by atoms with E-state index in [1.165, 1.54) is 0 Å². The lowest BCUT2D eigenvalue weighted by Gasteiger charge is -2.05. The van der Waals surface area contributed by atoms with Gasteiger partial charge >= 0.3 is 0 Å². The fourth-order valence-corrected chi connectivity index (χ4v) is 3.25. The second-order valence-electron chi connectivity index (χ2n) is 5.17. The number of carbonyl (C=O) groups excluding carboxylic acids is 1. The average molecular weight is 489 g/mol. The molecule has 1 N–H and O–H groups in total. The van der Waals surface area contributed by atoms with Crippen LogP contribution in [0.3, 0.4) is 0 Å². The second kappa shape index (κ2) is 9.45. The van der Waals surface area contributed by atoms with Crippen LogP contribution in [0.5, 0.6) is 5.75 Å². The van der Waals surface area contributed by atoms with Crippen molar-refractivity contribution in [1.82, 2.24) is 10.2 Å². The molecular formula is C17H12BrCl2N3O3S. The van der Waals surface area contributed by atoms with E-state index in [2.05, 4.69) is 31.4 Å². The first kappa shape index (κ1) is 20.0. The smallest absolute Gasteiger partial charge is 0.277 e. The number of rotatable bonds is 7. The molecule has 0 saturated heterocycles. The molecule has 140 valence electrons. The number of thioether (sulfide) groups is 1. The summed E-state index contributed by atoms with van der Waals surface area (Å²) >= 11 is 16.4.